The summed E-state index contributed by atoms with van der Waals surface area (Å²) in [4.78, 5) is 26.6. The Morgan fingerprint density at radius 3 is 2.65 bits per heavy atom. The first-order valence-corrected chi connectivity index (χ1v) is 9.30. The van der Waals surface area contributed by atoms with E-state index in [1.807, 2.05) is 35.2 Å². The summed E-state index contributed by atoms with van der Waals surface area (Å²) < 4.78 is 6.98. The number of piperidine rings is 1. The molecule has 7 nitrogen and oxygen atoms in total. The minimum Gasteiger partial charge on any atom is -0.381 e. The molecule has 1 N–H and O–H groups in total. The van der Waals surface area contributed by atoms with Crippen molar-refractivity contribution in [2.45, 2.75) is 25.7 Å². The SMILES string of the molecule is O=C([C@@H]1CCOC1)N1CCC(Cc2n[nH]c(=O)n2-c2ccccc2)CC1. The van der Waals surface area contributed by atoms with Crippen LogP contribution in [0.5, 0.6) is 0 Å². The van der Waals surface area contributed by atoms with E-state index < -0.39 is 0 Å². The largest absolute Gasteiger partial charge is 0.381 e. The third-order valence-electron chi connectivity index (χ3n) is 5.43. The van der Waals surface area contributed by atoms with Crippen LogP contribution in [-0.2, 0) is 16.0 Å². The Hall–Kier alpha value is -2.41. The van der Waals surface area contributed by atoms with Crippen LogP contribution < -0.4 is 5.69 Å². The summed E-state index contributed by atoms with van der Waals surface area (Å²) in [7, 11) is 0. The fraction of sp³-hybridized carbons (Fsp3) is 0.526. The van der Waals surface area contributed by atoms with Crippen LogP contribution in [-0.4, -0.2) is 51.9 Å². The van der Waals surface area contributed by atoms with Gasteiger partial charge in [0, 0.05) is 26.1 Å². The van der Waals surface area contributed by atoms with Crippen molar-refractivity contribution in [3.05, 3.63) is 46.6 Å². The van der Waals surface area contributed by atoms with E-state index in [1.54, 1.807) is 4.57 Å². The lowest BCUT2D eigenvalue weighted by molar-refractivity contribution is -0.136. The molecule has 1 aromatic heterocycles. The van der Waals surface area contributed by atoms with Gasteiger partial charge < -0.3 is 9.64 Å². The van der Waals surface area contributed by atoms with Crippen LogP contribution in [0.15, 0.2) is 35.1 Å². The third kappa shape index (κ3) is 3.44. The Kier molecular flexibility index (Phi) is 4.88. The Bertz CT molecular complexity index is 800. The Morgan fingerprint density at radius 1 is 1.19 bits per heavy atom. The molecule has 2 fully saturated rings. The molecule has 7 heteroatoms. The zero-order chi connectivity index (χ0) is 17.9. The highest BCUT2D eigenvalue weighted by molar-refractivity contribution is 5.79. The maximum atomic E-state index is 12.5. The lowest BCUT2D eigenvalue weighted by Gasteiger charge is -2.33. The van der Waals surface area contributed by atoms with Crippen molar-refractivity contribution < 1.29 is 9.53 Å². The van der Waals surface area contributed by atoms with E-state index in [9.17, 15) is 9.59 Å². The number of carbonyl (C=O) groups excluding carboxylic acids is 1. The molecule has 2 aliphatic rings. The van der Waals surface area contributed by atoms with Gasteiger partial charge in [-0.15, -0.1) is 0 Å². The number of H-pyrrole nitrogens is 1. The molecule has 0 aliphatic carbocycles. The average molecular weight is 356 g/mol. The van der Waals surface area contributed by atoms with Crippen molar-refractivity contribution in [3.63, 3.8) is 0 Å². The van der Waals surface area contributed by atoms with Gasteiger partial charge in [-0.25, -0.2) is 14.5 Å². The van der Waals surface area contributed by atoms with Gasteiger partial charge in [-0.05, 0) is 37.3 Å². The van der Waals surface area contributed by atoms with E-state index in [-0.39, 0.29) is 17.5 Å². The standard InChI is InChI=1S/C19H24N4O3/c24-18(15-8-11-26-13-15)22-9-6-14(7-10-22)12-17-20-21-19(25)23(17)16-4-2-1-3-5-16/h1-5,14-15H,6-13H2,(H,21,25)/t15-/m1/s1. The number of hydrogen-bond donors (Lipinski definition) is 1. The second kappa shape index (κ2) is 7.45. The normalized spacial score (nSPS) is 21.2. The number of nitrogens with one attached hydrogen (secondary N) is 1. The number of rotatable bonds is 4. The Morgan fingerprint density at radius 2 is 1.96 bits per heavy atom. The molecular weight excluding hydrogens is 332 g/mol. The number of likely N-dealkylation sites (tertiary alicyclic amines) is 1. The molecule has 0 spiro atoms. The van der Waals surface area contributed by atoms with Gasteiger partial charge in [0.1, 0.15) is 5.82 Å². The van der Waals surface area contributed by atoms with E-state index in [0.29, 0.717) is 19.1 Å². The first kappa shape index (κ1) is 17.0. The summed E-state index contributed by atoms with van der Waals surface area (Å²) in [5.41, 5.74) is 0.621. The highest BCUT2D eigenvalue weighted by Crippen LogP contribution is 2.24. The van der Waals surface area contributed by atoms with Gasteiger partial charge in [-0.3, -0.25) is 4.79 Å². The molecule has 0 bridgehead atoms. The van der Waals surface area contributed by atoms with Gasteiger partial charge in [0.15, 0.2) is 0 Å². The van der Waals surface area contributed by atoms with Crippen LogP contribution in [0.4, 0.5) is 0 Å². The molecular formula is C19H24N4O3. The zero-order valence-electron chi connectivity index (χ0n) is 14.8. The first-order chi connectivity index (χ1) is 12.7. The number of carbonyl (C=O) groups is 1. The van der Waals surface area contributed by atoms with Gasteiger partial charge in [0.2, 0.25) is 5.91 Å². The van der Waals surface area contributed by atoms with Gasteiger partial charge >= 0.3 is 5.69 Å². The van der Waals surface area contributed by atoms with Crippen LogP contribution in [0.3, 0.4) is 0 Å². The van der Waals surface area contributed by atoms with E-state index in [0.717, 1.165) is 50.3 Å². The van der Waals surface area contributed by atoms with Gasteiger partial charge in [0.05, 0.1) is 18.2 Å². The van der Waals surface area contributed by atoms with E-state index in [4.69, 9.17) is 4.74 Å². The van der Waals surface area contributed by atoms with Crippen molar-refractivity contribution in [1.82, 2.24) is 19.7 Å². The molecule has 4 rings (SSSR count). The fourth-order valence-electron chi connectivity index (χ4n) is 3.91. The molecule has 138 valence electrons. The van der Waals surface area contributed by atoms with Gasteiger partial charge in [-0.1, -0.05) is 18.2 Å². The molecule has 2 aliphatic heterocycles. The molecule has 1 amide bonds. The number of para-hydroxylation sites is 1. The molecule has 1 aromatic carbocycles. The van der Waals surface area contributed by atoms with Crippen molar-refractivity contribution in [2.24, 2.45) is 11.8 Å². The predicted molar refractivity (Wildman–Crippen MR) is 96.1 cm³/mol. The number of amides is 1. The maximum absolute atomic E-state index is 12.5. The van der Waals surface area contributed by atoms with Crippen molar-refractivity contribution >= 4 is 5.91 Å². The van der Waals surface area contributed by atoms with Crippen LogP contribution >= 0.6 is 0 Å². The van der Waals surface area contributed by atoms with Crippen LogP contribution in [0.25, 0.3) is 5.69 Å². The van der Waals surface area contributed by atoms with Gasteiger partial charge in [-0.2, -0.15) is 5.10 Å². The number of aromatic nitrogens is 3. The first-order valence-electron chi connectivity index (χ1n) is 9.30. The van der Waals surface area contributed by atoms with Crippen LogP contribution in [0.1, 0.15) is 25.1 Å². The average Bonchev–Trinajstić information content (AvgIpc) is 3.33. The molecule has 2 saturated heterocycles. The van der Waals surface area contributed by atoms with E-state index in [2.05, 4.69) is 10.2 Å². The molecule has 3 heterocycles. The monoisotopic (exact) mass is 356 g/mol. The Labute approximate surface area is 152 Å². The summed E-state index contributed by atoms with van der Waals surface area (Å²) in [6.45, 7) is 2.82. The second-order valence-corrected chi connectivity index (χ2v) is 7.15. The van der Waals surface area contributed by atoms with Crippen LogP contribution in [0.2, 0.25) is 0 Å². The van der Waals surface area contributed by atoms with Crippen molar-refractivity contribution in [2.75, 3.05) is 26.3 Å². The smallest absolute Gasteiger partial charge is 0.347 e. The maximum Gasteiger partial charge on any atom is 0.347 e. The summed E-state index contributed by atoms with van der Waals surface area (Å²) in [6.07, 6.45) is 3.46. The fourth-order valence-corrected chi connectivity index (χ4v) is 3.91. The Balaban J connectivity index is 1.39. The molecule has 2 aromatic rings. The minimum absolute atomic E-state index is 0.0427. The molecule has 0 saturated carbocycles. The molecule has 1 atom stereocenters. The van der Waals surface area contributed by atoms with Crippen LogP contribution in [0, 0.1) is 11.8 Å². The summed E-state index contributed by atoms with van der Waals surface area (Å²) in [5.74, 6) is 1.47. The molecule has 26 heavy (non-hydrogen) atoms. The van der Waals surface area contributed by atoms with E-state index in [1.165, 1.54) is 0 Å². The predicted octanol–water partition coefficient (Wildman–Crippen LogP) is 1.38. The number of hydrogen-bond acceptors (Lipinski definition) is 4. The summed E-state index contributed by atoms with van der Waals surface area (Å²) in [5, 5.41) is 6.80. The topological polar surface area (TPSA) is 80.2 Å². The molecule has 0 unspecified atom stereocenters. The van der Waals surface area contributed by atoms with Gasteiger partial charge in [0.25, 0.3) is 0 Å². The minimum atomic E-state index is -0.208. The second-order valence-electron chi connectivity index (χ2n) is 7.15. The third-order valence-corrected chi connectivity index (χ3v) is 5.43. The highest BCUT2D eigenvalue weighted by atomic mass is 16.5. The summed E-state index contributed by atoms with van der Waals surface area (Å²) in [6, 6.07) is 9.57. The molecule has 0 radical (unpaired) electrons. The highest BCUT2D eigenvalue weighted by Gasteiger charge is 2.31. The zero-order valence-corrected chi connectivity index (χ0v) is 14.8. The van der Waals surface area contributed by atoms with Crippen molar-refractivity contribution in [3.8, 4) is 5.69 Å². The number of benzene rings is 1. The van der Waals surface area contributed by atoms with E-state index >= 15 is 0 Å². The number of aromatic amines is 1. The number of ether oxygens (including phenoxy) is 1. The summed E-state index contributed by atoms with van der Waals surface area (Å²) >= 11 is 0. The van der Waals surface area contributed by atoms with Crippen molar-refractivity contribution in [1.29, 1.82) is 0 Å². The lowest BCUT2D eigenvalue weighted by atomic mass is 9.92. The number of nitrogens with zero attached hydrogens (tertiary/aromatic N) is 3. The quantitative estimate of drug-likeness (QED) is 0.897. The lowest BCUT2D eigenvalue weighted by Crippen LogP contribution is -2.42.